The Morgan fingerprint density at radius 2 is 1.79 bits per heavy atom. The van der Waals surface area contributed by atoms with E-state index in [-0.39, 0.29) is 5.75 Å². The maximum absolute atomic E-state index is 10.5. The highest BCUT2D eigenvalue weighted by molar-refractivity contribution is 7.78. The second-order valence-corrected chi connectivity index (χ2v) is 4.03. The van der Waals surface area contributed by atoms with Gasteiger partial charge in [-0.3, -0.25) is 4.21 Å². The molecule has 2 nitrogen and oxygen atoms in total. The van der Waals surface area contributed by atoms with Crippen molar-refractivity contribution in [3.8, 4) is 0 Å². The average Bonchev–Trinajstić information content (AvgIpc) is 2.17. The van der Waals surface area contributed by atoms with Gasteiger partial charge in [0.25, 0.3) is 0 Å². The molecule has 1 unspecified atom stereocenters. The molecule has 0 aliphatic carbocycles. The lowest BCUT2D eigenvalue weighted by Crippen LogP contribution is -1.92. The van der Waals surface area contributed by atoms with Crippen LogP contribution in [0, 0.1) is 0 Å². The van der Waals surface area contributed by atoms with Gasteiger partial charge in [-0.1, -0.05) is 53.5 Å². The van der Waals surface area contributed by atoms with Gasteiger partial charge >= 0.3 is 0 Å². The molecule has 0 aromatic heterocycles. The lowest BCUT2D eigenvalue weighted by molar-refractivity contribution is 0.536. The van der Waals surface area contributed by atoms with Crippen molar-refractivity contribution in [1.82, 2.24) is 0 Å². The fraction of sp³-hybridized carbons (Fsp3) is 0.0909. The predicted molar refractivity (Wildman–Crippen MR) is 56.6 cm³/mol. The molecule has 14 heavy (non-hydrogen) atoms. The van der Waals surface area contributed by atoms with E-state index in [1.807, 2.05) is 42.5 Å². The van der Waals surface area contributed by atoms with Crippen molar-refractivity contribution in [1.29, 1.82) is 0 Å². The topological polar surface area (TPSA) is 40.1 Å². The Kier molecular flexibility index (Phi) is 2.61. The maximum Gasteiger partial charge on any atom is 0.0353 e. The highest BCUT2D eigenvalue weighted by Gasteiger charge is 1.95. The summed E-state index contributed by atoms with van der Waals surface area (Å²) in [6.07, 6.45) is 0. The van der Waals surface area contributed by atoms with Gasteiger partial charge < -0.3 is 4.55 Å². The Morgan fingerprint density at radius 1 is 1.07 bits per heavy atom. The first-order valence-corrected chi connectivity index (χ1v) is 5.53. The fourth-order valence-corrected chi connectivity index (χ4v) is 1.92. The molecule has 3 heteroatoms. The van der Waals surface area contributed by atoms with Crippen LogP contribution in [0.3, 0.4) is 0 Å². The van der Waals surface area contributed by atoms with Crippen LogP contribution in [0.4, 0.5) is 0 Å². The minimum absolute atomic E-state index is 0.0881. The number of hydrogen-bond acceptors (Lipinski definition) is 2. The van der Waals surface area contributed by atoms with Crippen LogP contribution in [0.25, 0.3) is 10.8 Å². The molecule has 0 saturated heterocycles. The third-order valence-electron chi connectivity index (χ3n) is 2.10. The Bertz CT molecular complexity index is 479. The highest BCUT2D eigenvalue weighted by Crippen LogP contribution is 2.16. The summed E-state index contributed by atoms with van der Waals surface area (Å²) in [4.78, 5) is 0. The summed E-state index contributed by atoms with van der Waals surface area (Å²) in [7, 11) is 0. The van der Waals surface area contributed by atoms with E-state index in [0.717, 1.165) is 16.3 Å². The first-order valence-electron chi connectivity index (χ1n) is 4.29. The van der Waals surface area contributed by atoms with E-state index in [1.165, 1.54) is 0 Å². The standard InChI is InChI=1S/C11H10O2S/c12-14(13)8-9-5-6-10-3-1-2-4-11(10)7-9/h1-7H,8H2,(H,12,13)/p-1. The molecule has 1 atom stereocenters. The first-order chi connectivity index (χ1) is 6.75. The summed E-state index contributed by atoms with van der Waals surface area (Å²) in [5.41, 5.74) is 0.831. The Morgan fingerprint density at radius 3 is 2.50 bits per heavy atom. The van der Waals surface area contributed by atoms with E-state index >= 15 is 0 Å². The molecule has 0 fully saturated rings. The van der Waals surface area contributed by atoms with Crippen LogP contribution >= 0.6 is 0 Å². The van der Waals surface area contributed by atoms with E-state index in [4.69, 9.17) is 0 Å². The molecule has 2 rings (SSSR count). The van der Waals surface area contributed by atoms with Gasteiger partial charge in [0.1, 0.15) is 0 Å². The second-order valence-electron chi connectivity index (χ2n) is 3.13. The average molecular weight is 205 g/mol. The van der Waals surface area contributed by atoms with Crippen molar-refractivity contribution in [3.05, 3.63) is 48.0 Å². The van der Waals surface area contributed by atoms with E-state index < -0.39 is 11.1 Å². The number of hydrogen-bond donors (Lipinski definition) is 0. The highest BCUT2D eigenvalue weighted by atomic mass is 32.2. The van der Waals surface area contributed by atoms with Crippen LogP contribution in [0.5, 0.6) is 0 Å². The van der Waals surface area contributed by atoms with Gasteiger partial charge in [-0.2, -0.15) is 0 Å². The molecule has 0 aliphatic heterocycles. The van der Waals surface area contributed by atoms with Crippen LogP contribution in [0.15, 0.2) is 42.5 Å². The summed E-state index contributed by atoms with van der Waals surface area (Å²) < 4.78 is 21.0. The van der Waals surface area contributed by atoms with Crippen LogP contribution in [0.2, 0.25) is 0 Å². The third-order valence-corrected chi connectivity index (χ3v) is 2.67. The first kappa shape index (κ1) is 9.37. The van der Waals surface area contributed by atoms with E-state index in [2.05, 4.69) is 0 Å². The largest absolute Gasteiger partial charge is 0.772 e. The predicted octanol–water partition coefficient (Wildman–Crippen LogP) is 2.22. The smallest absolute Gasteiger partial charge is 0.0353 e. The molecule has 0 spiro atoms. The van der Waals surface area contributed by atoms with Crippen molar-refractivity contribution < 1.29 is 8.76 Å². The molecule has 72 valence electrons. The molecule has 0 N–H and O–H groups in total. The summed E-state index contributed by atoms with van der Waals surface area (Å²) in [6, 6.07) is 13.6. The number of benzene rings is 2. The van der Waals surface area contributed by atoms with E-state index in [9.17, 15) is 8.76 Å². The molecule has 0 amide bonds. The van der Waals surface area contributed by atoms with Gasteiger partial charge in [-0.05, 0) is 16.3 Å². The lowest BCUT2D eigenvalue weighted by atomic mass is 10.1. The van der Waals surface area contributed by atoms with Crippen molar-refractivity contribution in [3.63, 3.8) is 0 Å². The van der Waals surface area contributed by atoms with E-state index in [0.29, 0.717) is 0 Å². The van der Waals surface area contributed by atoms with Crippen molar-refractivity contribution in [2.24, 2.45) is 0 Å². The molecule has 0 aliphatic rings. The monoisotopic (exact) mass is 205 g/mol. The Hall–Kier alpha value is -1.19. The molecule has 0 heterocycles. The van der Waals surface area contributed by atoms with Crippen molar-refractivity contribution >= 4 is 21.9 Å². The SMILES string of the molecule is O=S([O-])Cc1ccc2ccccc2c1. The van der Waals surface area contributed by atoms with Gasteiger partial charge in [-0.25, -0.2) is 0 Å². The number of fused-ring (bicyclic) bond motifs is 1. The molecule has 2 aromatic rings. The summed E-state index contributed by atoms with van der Waals surface area (Å²) in [5.74, 6) is 0.0881. The third kappa shape index (κ3) is 2.00. The molecule has 0 radical (unpaired) electrons. The fourth-order valence-electron chi connectivity index (χ4n) is 1.46. The Balaban J connectivity index is 2.46. The summed E-state index contributed by atoms with van der Waals surface area (Å²) >= 11 is -2.01. The van der Waals surface area contributed by atoms with E-state index in [1.54, 1.807) is 0 Å². The molecule has 2 aromatic carbocycles. The van der Waals surface area contributed by atoms with Gasteiger partial charge in [0.05, 0.1) is 0 Å². The summed E-state index contributed by atoms with van der Waals surface area (Å²) in [5, 5.41) is 2.21. The zero-order chi connectivity index (χ0) is 9.97. The number of rotatable bonds is 2. The summed E-state index contributed by atoms with van der Waals surface area (Å²) in [6.45, 7) is 0. The van der Waals surface area contributed by atoms with Crippen LogP contribution < -0.4 is 0 Å². The molecule has 0 bridgehead atoms. The molecular formula is C11H9O2S-. The quantitative estimate of drug-likeness (QED) is 0.705. The normalized spacial score (nSPS) is 12.9. The van der Waals surface area contributed by atoms with Crippen molar-refractivity contribution in [2.45, 2.75) is 5.75 Å². The van der Waals surface area contributed by atoms with Crippen LogP contribution in [0.1, 0.15) is 5.56 Å². The van der Waals surface area contributed by atoms with Gasteiger partial charge in [-0.15, -0.1) is 0 Å². The zero-order valence-electron chi connectivity index (χ0n) is 7.47. The van der Waals surface area contributed by atoms with Gasteiger partial charge in [0.2, 0.25) is 0 Å². The minimum atomic E-state index is -2.01. The van der Waals surface area contributed by atoms with Crippen LogP contribution in [-0.2, 0) is 16.8 Å². The van der Waals surface area contributed by atoms with Gasteiger partial charge in [0.15, 0.2) is 0 Å². The maximum atomic E-state index is 10.5. The lowest BCUT2D eigenvalue weighted by Gasteiger charge is -2.05. The molecular weight excluding hydrogens is 196 g/mol. The van der Waals surface area contributed by atoms with Gasteiger partial charge in [0, 0.05) is 5.75 Å². The zero-order valence-corrected chi connectivity index (χ0v) is 8.29. The van der Waals surface area contributed by atoms with Crippen LogP contribution in [-0.4, -0.2) is 8.76 Å². The second kappa shape index (κ2) is 3.90. The Labute approximate surface area is 84.9 Å². The minimum Gasteiger partial charge on any atom is -0.772 e. The molecule has 0 saturated carbocycles. The van der Waals surface area contributed by atoms with Crippen molar-refractivity contribution in [2.75, 3.05) is 0 Å².